The number of nitrogens with zero attached hydrogens (tertiary/aromatic N) is 3. The van der Waals surface area contributed by atoms with Crippen LogP contribution in [0.15, 0.2) is 0 Å². The van der Waals surface area contributed by atoms with Crippen LogP contribution in [-0.4, -0.2) is 106 Å². The Labute approximate surface area is 139 Å². The van der Waals surface area contributed by atoms with E-state index in [1.165, 1.54) is 6.26 Å². The molecule has 7 nitrogen and oxygen atoms in total. The fraction of sp³-hybridized carbons (Fsp3) is 0.933. The quantitative estimate of drug-likeness (QED) is 0.655. The van der Waals surface area contributed by atoms with Gasteiger partial charge in [0.05, 0.1) is 12.3 Å². The molecule has 2 heterocycles. The summed E-state index contributed by atoms with van der Waals surface area (Å²) in [6.45, 7) is 6.74. The summed E-state index contributed by atoms with van der Waals surface area (Å²) in [5.41, 5.74) is 0. The number of carbonyl (C=O) groups is 1. The number of sulfone groups is 1. The van der Waals surface area contributed by atoms with E-state index in [1.54, 1.807) is 0 Å². The van der Waals surface area contributed by atoms with Gasteiger partial charge in [0.1, 0.15) is 9.84 Å². The van der Waals surface area contributed by atoms with Crippen molar-refractivity contribution >= 4 is 15.7 Å². The molecule has 2 rings (SSSR count). The zero-order chi connectivity index (χ0) is 16.9. The van der Waals surface area contributed by atoms with E-state index in [0.717, 1.165) is 52.1 Å². The summed E-state index contributed by atoms with van der Waals surface area (Å²) in [7, 11) is -0.791. The van der Waals surface area contributed by atoms with Crippen LogP contribution in [0.5, 0.6) is 0 Å². The van der Waals surface area contributed by atoms with Gasteiger partial charge < -0.3 is 15.1 Å². The van der Waals surface area contributed by atoms with Crippen LogP contribution < -0.4 is 5.32 Å². The van der Waals surface area contributed by atoms with E-state index >= 15 is 0 Å². The SMILES string of the molecule is CN1CCN(CC(=O)NC2CCN(CCS(C)(=O)=O)CC2)CC1. The van der Waals surface area contributed by atoms with E-state index in [1.807, 2.05) is 0 Å². The normalized spacial score (nSPS) is 23.0. The van der Waals surface area contributed by atoms with Crippen LogP contribution >= 0.6 is 0 Å². The molecule has 0 atom stereocenters. The maximum atomic E-state index is 12.1. The average molecular weight is 346 g/mol. The third-order valence-electron chi connectivity index (χ3n) is 4.69. The minimum Gasteiger partial charge on any atom is -0.352 e. The van der Waals surface area contributed by atoms with Crippen LogP contribution in [0.4, 0.5) is 0 Å². The highest BCUT2D eigenvalue weighted by Gasteiger charge is 2.23. The molecule has 0 bridgehead atoms. The molecule has 0 spiro atoms. The lowest BCUT2D eigenvalue weighted by Gasteiger charge is -2.34. The highest BCUT2D eigenvalue weighted by Crippen LogP contribution is 2.10. The van der Waals surface area contributed by atoms with Gasteiger partial charge in [-0.15, -0.1) is 0 Å². The first-order chi connectivity index (χ1) is 10.8. The number of hydrogen-bond donors (Lipinski definition) is 1. The monoisotopic (exact) mass is 346 g/mol. The van der Waals surface area contributed by atoms with Crippen molar-refractivity contribution in [3.05, 3.63) is 0 Å². The first-order valence-electron chi connectivity index (χ1n) is 8.42. The van der Waals surface area contributed by atoms with Crippen LogP contribution in [-0.2, 0) is 14.6 Å². The molecule has 0 saturated carbocycles. The number of rotatable bonds is 6. The van der Waals surface area contributed by atoms with Gasteiger partial charge in [-0.05, 0) is 19.9 Å². The highest BCUT2D eigenvalue weighted by molar-refractivity contribution is 7.90. The van der Waals surface area contributed by atoms with Gasteiger partial charge in [-0.2, -0.15) is 0 Å². The lowest BCUT2D eigenvalue weighted by molar-refractivity contribution is -0.123. The van der Waals surface area contributed by atoms with E-state index in [-0.39, 0.29) is 17.7 Å². The standard InChI is InChI=1S/C15H30N4O3S/c1-17-7-9-19(10-8-17)13-15(20)16-14-3-5-18(6-4-14)11-12-23(2,21)22/h14H,3-13H2,1-2H3,(H,16,20). The van der Waals surface area contributed by atoms with Crippen LogP contribution in [0.25, 0.3) is 0 Å². The Morgan fingerprint density at radius 2 is 1.65 bits per heavy atom. The summed E-state index contributed by atoms with van der Waals surface area (Å²) in [5, 5.41) is 3.13. The first kappa shape index (κ1) is 18.6. The van der Waals surface area contributed by atoms with Crippen LogP contribution in [0.2, 0.25) is 0 Å². The van der Waals surface area contributed by atoms with E-state index in [9.17, 15) is 13.2 Å². The Hall–Kier alpha value is -0.700. The van der Waals surface area contributed by atoms with Crippen LogP contribution in [0, 0.1) is 0 Å². The van der Waals surface area contributed by atoms with E-state index in [2.05, 4.69) is 27.1 Å². The summed E-state index contributed by atoms with van der Waals surface area (Å²) in [5.74, 6) is 0.331. The topological polar surface area (TPSA) is 73.0 Å². The molecule has 134 valence electrons. The molecule has 2 aliphatic rings. The Kier molecular flexibility index (Phi) is 6.82. The molecular formula is C15H30N4O3S. The summed E-state index contributed by atoms with van der Waals surface area (Å²) in [6.07, 6.45) is 3.08. The molecule has 0 aromatic rings. The lowest BCUT2D eigenvalue weighted by atomic mass is 10.1. The molecule has 0 aromatic carbocycles. The van der Waals surface area contributed by atoms with Crippen molar-refractivity contribution < 1.29 is 13.2 Å². The molecule has 0 aliphatic carbocycles. The second-order valence-electron chi connectivity index (χ2n) is 6.89. The molecule has 2 saturated heterocycles. The van der Waals surface area contributed by atoms with Crippen LogP contribution in [0.1, 0.15) is 12.8 Å². The number of nitrogens with one attached hydrogen (secondary N) is 1. The number of likely N-dealkylation sites (tertiary alicyclic amines) is 1. The van der Waals surface area contributed by atoms with Gasteiger partial charge in [0.15, 0.2) is 0 Å². The molecule has 1 amide bonds. The van der Waals surface area contributed by atoms with E-state index < -0.39 is 9.84 Å². The second kappa shape index (κ2) is 8.41. The second-order valence-corrected chi connectivity index (χ2v) is 9.15. The Morgan fingerprint density at radius 1 is 1.04 bits per heavy atom. The Bertz CT molecular complexity index is 481. The largest absolute Gasteiger partial charge is 0.352 e. The first-order valence-corrected chi connectivity index (χ1v) is 10.5. The van der Waals surface area contributed by atoms with Crippen molar-refractivity contribution in [2.45, 2.75) is 18.9 Å². The third-order valence-corrected chi connectivity index (χ3v) is 5.62. The molecular weight excluding hydrogens is 316 g/mol. The third kappa shape index (κ3) is 7.15. The van der Waals surface area contributed by atoms with Crippen molar-refractivity contribution in [1.29, 1.82) is 0 Å². The van der Waals surface area contributed by atoms with E-state index in [0.29, 0.717) is 13.1 Å². The summed E-state index contributed by atoms with van der Waals surface area (Å²) in [4.78, 5) is 18.8. The van der Waals surface area contributed by atoms with Crippen molar-refractivity contribution in [2.75, 3.05) is 71.4 Å². The minimum atomic E-state index is -2.90. The zero-order valence-electron chi connectivity index (χ0n) is 14.3. The fourth-order valence-corrected chi connectivity index (χ4v) is 3.67. The van der Waals surface area contributed by atoms with Gasteiger partial charge in [0.2, 0.25) is 5.91 Å². The number of carbonyl (C=O) groups excluding carboxylic acids is 1. The van der Waals surface area contributed by atoms with Gasteiger partial charge in [0, 0.05) is 58.1 Å². The molecule has 0 radical (unpaired) electrons. The molecule has 23 heavy (non-hydrogen) atoms. The molecule has 1 N–H and O–H groups in total. The number of piperazine rings is 1. The van der Waals surface area contributed by atoms with Crippen molar-refractivity contribution in [3.63, 3.8) is 0 Å². The minimum absolute atomic E-state index is 0.115. The maximum absolute atomic E-state index is 12.1. The average Bonchev–Trinajstić information content (AvgIpc) is 2.48. The van der Waals surface area contributed by atoms with Gasteiger partial charge >= 0.3 is 0 Å². The molecule has 0 aromatic heterocycles. The number of hydrogen-bond acceptors (Lipinski definition) is 6. The fourth-order valence-electron chi connectivity index (χ4n) is 3.08. The Morgan fingerprint density at radius 3 is 2.22 bits per heavy atom. The Balaban J connectivity index is 1.63. The zero-order valence-corrected chi connectivity index (χ0v) is 15.1. The molecule has 2 aliphatic heterocycles. The summed E-state index contributed by atoms with van der Waals surface area (Å²) >= 11 is 0. The van der Waals surface area contributed by atoms with E-state index in [4.69, 9.17) is 0 Å². The van der Waals surface area contributed by atoms with Crippen molar-refractivity contribution in [3.8, 4) is 0 Å². The summed E-state index contributed by atoms with van der Waals surface area (Å²) in [6, 6.07) is 0.226. The number of amides is 1. The van der Waals surface area contributed by atoms with Gasteiger partial charge in [-0.3, -0.25) is 9.69 Å². The van der Waals surface area contributed by atoms with Gasteiger partial charge in [-0.25, -0.2) is 8.42 Å². The van der Waals surface area contributed by atoms with Gasteiger partial charge in [0.25, 0.3) is 0 Å². The maximum Gasteiger partial charge on any atom is 0.234 e. The van der Waals surface area contributed by atoms with Crippen LogP contribution in [0.3, 0.4) is 0 Å². The molecule has 2 fully saturated rings. The smallest absolute Gasteiger partial charge is 0.234 e. The number of piperidine rings is 1. The predicted molar refractivity (Wildman–Crippen MR) is 91.3 cm³/mol. The molecule has 8 heteroatoms. The van der Waals surface area contributed by atoms with Gasteiger partial charge in [-0.1, -0.05) is 0 Å². The lowest BCUT2D eigenvalue weighted by Crippen LogP contribution is -2.51. The summed E-state index contributed by atoms with van der Waals surface area (Å²) < 4.78 is 22.4. The highest BCUT2D eigenvalue weighted by atomic mass is 32.2. The molecule has 0 unspecified atom stereocenters. The predicted octanol–water partition coefficient (Wildman–Crippen LogP) is -1.14. The number of likely N-dealkylation sites (N-methyl/N-ethyl adjacent to an activating group) is 1. The van der Waals surface area contributed by atoms with Crippen molar-refractivity contribution in [2.24, 2.45) is 0 Å². The van der Waals surface area contributed by atoms with Crippen molar-refractivity contribution in [1.82, 2.24) is 20.0 Å².